The lowest BCUT2D eigenvalue weighted by atomic mass is 10.2. The standard InChI is InChI=1S/C15H18N2S/c1-3-18-13-10-8-12(9-11-13)17(2)15-7-5-4-6-14(15)16/h4-11H,3,16H2,1-2H3. The summed E-state index contributed by atoms with van der Waals surface area (Å²) in [5.74, 6) is 1.10. The number of benzene rings is 2. The van der Waals surface area contributed by atoms with Gasteiger partial charge in [-0.2, -0.15) is 0 Å². The number of rotatable bonds is 4. The molecule has 3 heteroatoms. The van der Waals surface area contributed by atoms with Crippen molar-refractivity contribution in [2.24, 2.45) is 0 Å². The van der Waals surface area contributed by atoms with E-state index >= 15 is 0 Å². The lowest BCUT2D eigenvalue weighted by Gasteiger charge is -2.21. The molecule has 0 aliphatic heterocycles. The summed E-state index contributed by atoms with van der Waals surface area (Å²) < 4.78 is 0. The number of hydrogen-bond acceptors (Lipinski definition) is 3. The van der Waals surface area contributed by atoms with Crippen LogP contribution < -0.4 is 10.6 Å². The first-order valence-electron chi connectivity index (χ1n) is 6.03. The van der Waals surface area contributed by atoms with E-state index in [1.54, 1.807) is 0 Å². The fourth-order valence-corrected chi connectivity index (χ4v) is 2.53. The first-order chi connectivity index (χ1) is 8.72. The first-order valence-corrected chi connectivity index (χ1v) is 7.02. The molecule has 2 rings (SSSR count). The van der Waals surface area contributed by atoms with Gasteiger partial charge in [-0.05, 0) is 42.2 Å². The predicted octanol–water partition coefficient (Wildman–Crippen LogP) is 4.15. The summed E-state index contributed by atoms with van der Waals surface area (Å²) in [6, 6.07) is 16.5. The van der Waals surface area contributed by atoms with E-state index in [1.807, 2.05) is 43.1 Å². The molecule has 2 nitrogen and oxygen atoms in total. The van der Waals surface area contributed by atoms with Crippen molar-refractivity contribution >= 4 is 28.8 Å². The molecule has 94 valence electrons. The second-order valence-corrected chi connectivity index (χ2v) is 5.38. The van der Waals surface area contributed by atoms with E-state index in [4.69, 9.17) is 5.73 Å². The average Bonchev–Trinajstić information content (AvgIpc) is 2.40. The van der Waals surface area contributed by atoms with Crippen molar-refractivity contribution < 1.29 is 0 Å². The monoisotopic (exact) mass is 258 g/mol. The Morgan fingerprint density at radius 1 is 1.06 bits per heavy atom. The predicted molar refractivity (Wildman–Crippen MR) is 81.8 cm³/mol. The third-order valence-electron chi connectivity index (χ3n) is 2.83. The largest absolute Gasteiger partial charge is 0.397 e. The van der Waals surface area contributed by atoms with Gasteiger partial charge in [0.1, 0.15) is 0 Å². The number of anilines is 3. The van der Waals surface area contributed by atoms with E-state index in [0.29, 0.717) is 0 Å². The highest BCUT2D eigenvalue weighted by Gasteiger charge is 2.06. The fourth-order valence-electron chi connectivity index (χ4n) is 1.86. The summed E-state index contributed by atoms with van der Waals surface area (Å²) in [5, 5.41) is 0. The highest BCUT2D eigenvalue weighted by Crippen LogP contribution is 2.29. The zero-order valence-corrected chi connectivity index (χ0v) is 11.6. The van der Waals surface area contributed by atoms with Gasteiger partial charge in [-0.15, -0.1) is 11.8 Å². The van der Waals surface area contributed by atoms with Crippen LogP contribution in [0.1, 0.15) is 6.92 Å². The normalized spacial score (nSPS) is 10.3. The van der Waals surface area contributed by atoms with E-state index in [9.17, 15) is 0 Å². The van der Waals surface area contributed by atoms with Crippen molar-refractivity contribution in [3.63, 3.8) is 0 Å². The Morgan fingerprint density at radius 3 is 2.33 bits per heavy atom. The molecular formula is C15H18N2S. The molecule has 0 aromatic heterocycles. The van der Waals surface area contributed by atoms with Crippen molar-refractivity contribution in [1.82, 2.24) is 0 Å². The molecular weight excluding hydrogens is 240 g/mol. The summed E-state index contributed by atoms with van der Waals surface area (Å²) in [6.07, 6.45) is 0. The minimum atomic E-state index is 0.798. The third kappa shape index (κ3) is 2.79. The molecule has 18 heavy (non-hydrogen) atoms. The van der Waals surface area contributed by atoms with Crippen molar-refractivity contribution in [2.75, 3.05) is 23.4 Å². The van der Waals surface area contributed by atoms with Crippen LogP contribution in [0.5, 0.6) is 0 Å². The van der Waals surface area contributed by atoms with Crippen LogP contribution >= 0.6 is 11.8 Å². The van der Waals surface area contributed by atoms with Crippen molar-refractivity contribution in [3.05, 3.63) is 48.5 Å². The Bertz CT molecular complexity index is 508. The average molecular weight is 258 g/mol. The van der Waals surface area contributed by atoms with Crippen LogP contribution in [-0.4, -0.2) is 12.8 Å². The van der Waals surface area contributed by atoms with Gasteiger partial charge >= 0.3 is 0 Å². The van der Waals surface area contributed by atoms with Gasteiger partial charge in [-0.1, -0.05) is 19.1 Å². The van der Waals surface area contributed by atoms with Crippen LogP contribution in [0.15, 0.2) is 53.4 Å². The van der Waals surface area contributed by atoms with Gasteiger partial charge in [0.05, 0.1) is 11.4 Å². The number of para-hydroxylation sites is 2. The molecule has 2 N–H and O–H groups in total. The Morgan fingerprint density at radius 2 is 1.72 bits per heavy atom. The van der Waals surface area contributed by atoms with Gasteiger partial charge in [-0.3, -0.25) is 0 Å². The van der Waals surface area contributed by atoms with Crippen LogP contribution in [0.3, 0.4) is 0 Å². The molecule has 2 aromatic rings. The smallest absolute Gasteiger partial charge is 0.0641 e. The summed E-state index contributed by atoms with van der Waals surface area (Å²) in [7, 11) is 2.04. The van der Waals surface area contributed by atoms with Crippen molar-refractivity contribution in [1.29, 1.82) is 0 Å². The van der Waals surface area contributed by atoms with Gasteiger partial charge in [0.2, 0.25) is 0 Å². The van der Waals surface area contributed by atoms with Crippen LogP contribution in [-0.2, 0) is 0 Å². The molecule has 0 bridgehead atoms. The maximum atomic E-state index is 5.99. The maximum Gasteiger partial charge on any atom is 0.0641 e. The zero-order valence-electron chi connectivity index (χ0n) is 10.8. The molecule has 0 fully saturated rings. The van der Waals surface area contributed by atoms with Crippen LogP contribution in [0.2, 0.25) is 0 Å². The molecule has 0 radical (unpaired) electrons. The molecule has 0 aliphatic carbocycles. The minimum Gasteiger partial charge on any atom is -0.397 e. The number of nitrogens with two attached hydrogens (primary N) is 1. The van der Waals surface area contributed by atoms with Crippen molar-refractivity contribution in [2.45, 2.75) is 11.8 Å². The van der Waals surface area contributed by atoms with E-state index in [0.717, 1.165) is 22.8 Å². The van der Waals surface area contributed by atoms with Crippen LogP contribution in [0.25, 0.3) is 0 Å². The van der Waals surface area contributed by atoms with Gasteiger partial charge < -0.3 is 10.6 Å². The number of nitrogen functional groups attached to an aromatic ring is 1. The van der Waals surface area contributed by atoms with E-state index in [-0.39, 0.29) is 0 Å². The summed E-state index contributed by atoms with van der Waals surface area (Å²) in [5.41, 5.74) is 8.97. The fraction of sp³-hybridized carbons (Fsp3) is 0.200. The molecule has 2 aromatic carbocycles. The van der Waals surface area contributed by atoms with Crippen molar-refractivity contribution in [3.8, 4) is 0 Å². The SMILES string of the molecule is CCSc1ccc(N(C)c2ccccc2N)cc1. The summed E-state index contributed by atoms with van der Waals surface area (Å²) in [6.45, 7) is 2.16. The minimum absolute atomic E-state index is 0.798. The lowest BCUT2D eigenvalue weighted by molar-refractivity contribution is 1.20. The van der Waals surface area contributed by atoms with Crippen LogP contribution in [0, 0.1) is 0 Å². The van der Waals surface area contributed by atoms with E-state index in [2.05, 4.69) is 36.1 Å². The number of thioether (sulfide) groups is 1. The molecule has 0 atom stereocenters. The highest BCUT2D eigenvalue weighted by molar-refractivity contribution is 7.99. The maximum absolute atomic E-state index is 5.99. The topological polar surface area (TPSA) is 29.3 Å². The molecule has 0 amide bonds. The van der Waals surface area contributed by atoms with E-state index in [1.165, 1.54) is 4.90 Å². The second kappa shape index (κ2) is 5.83. The summed E-state index contributed by atoms with van der Waals surface area (Å²) >= 11 is 1.85. The molecule has 0 spiro atoms. The Labute approximate surface area is 113 Å². The first kappa shape index (κ1) is 12.8. The van der Waals surface area contributed by atoms with Crippen LogP contribution in [0.4, 0.5) is 17.1 Å². The van der Waals surface area contributed by atoms with E-state index < -0.39 is 0 Å². The molecule has 0 aliphatic rings. The van der Waals surface area contributed by atoms with Gasteiger partial charge in [-0.25, -0.2) is 0 Å². The Hall–Kier alpha value is -1.61. The van der Waals surface area contributed by atoms with Gasteiger partial charge in [0.15, 0.2) is 0 Å². The number of nitrogens with zero attached hydrogens (tertiary/aromatic N) is 1. The molecule has 0 unspecified atom stereocenters. The number of hydrogen-bond donors (Lipinski definition) is 1. The molecule has 0 saturated heterocycles. The zero-order chi connectivity index (χ0) is 13.0. The molecule has 0 saturated carbocycles. The third-order valence-corrected chi connectivity index (χ3v) is 3.73. The second-order valence-electron chi connectivity index (χ2n) is 4.04. The molecule has 0 heterocycles. The van der Waals surface area contributed by atoms with Gasteiger partial charge in [0.25, 0.3) is 0 Å². The highest BCUT2D eigenvalue weighted by atomic mass is 32.2. The van der Waals surface area contributed by atoms with Gasteiger partial charge in [0, 0.05) is 17.6 Å². The quantitative estimate of drug-likeness (QED) is 0.660. The summed E-state index contributed by atoms with van der Waals surface area (Å²) in [4.78, 5) is 3.41. The Kier molecular flexibility index (Phi) is 4.15. The lowest BCUT2D eigenvalue weighted by Crippen LogP contribution is -2.11. The Balaban J connectivity index is 2.23.